The quantitative estimate of drug-likeness (QED) is 0.0492. The van der Waals surface area contributed by atoms with Crippen molar-refractivity contribution in [3.05, 3.63) is 215 Å². The molecule has 0 spiro atoms. The predicted molar refractivity (Wildman–Crippen MR) is 272 cm³/mol. The summed E-state index contributed by atoms with van der Waals surface area (Å²) in [6.45, 7) is 1.76. The number of rotatable bonds is 27. The minimum atomic E-state index is -4.55. The Morgan fingerprint density at radius 3 is 1.30 bits per heavy atom. The first-order valence-electron chi connectivity index (χ1n) is 24.7. The fraction of sp³-hybridized carbons (Fsp3) is 0.379. The molecule has 388 valence electrons. The van der Waals surface area contributed by atoms with E-state index in [1.165, 1.54) is 7.11 Å². The van der Waals surface area contributed by atoms with E-state index in [0.717, 1.165) is 33.4 Å². The average molecular weight is 1020 g/mol. The van der Waals surface area contributed by atoms with Crippen molar-refractivity contribution in [3.63, 3.8) is 0 Å². The van der Waals surface area contributed by atoms with Gasteiger partial charge < -0.3 is 52.5 Å². The summed E-state index contributed by atoms with van der Waals surface area (Å²) in [5.41, 5.74) is 5.10. The van der Waals surface area contributed by atoms with Crippen molar-refractivity contribution in [1.82, 2.24) is 0 Å². The maximum absolute atomic E-state index is 14.6. The second kappa shape index (κ2) is 27.4. The van der Waals surface area contributed by atoms with Crippen LogP contribution in [-0.2, 0) is 101 Å². The summed E-state index contributed by atoms with van der Waals surface area (Å²) < 4.78 is 102. The van der Waals surface area contributed by atoms with Crippen LogP contribution in [-0.4, -0.2) is 107 Å². The summed E-state index contributed by atoms with van der Waals surface area (Å²) in [5, 5.41) is 12.7. The number of hydrogen-bond acceptors (Lipinski definition) is 14. The number of aliphatic hydroxyl groups is 1. The Balaban J connectivity index is 1.26. The fourth-order valence-corrected chi connectivity index (χ4v) is 10.3. The Bertz CT molecular complexity index is 2580. The molecule has 2 aliphatic heterocycles. The van der Waals surface area contributed by atoms with Gasteiger partial charge in [0.05, 0.1) is 59.5 Å². The molecule has 73 heavy (non-hydrogen) atoms. The molecule has 6 aromatic carbocycles. The number of methoxy groups -OCH3 is 1. The summed E-state index contributed by atoms with van der Waals surface area (Å²) in [5.74, 6) is -3.29. The molecule has 10 atom stereocenters. The van der Waals surface area contributed by atoms with Crippen molar-refractivity contribution in [3.8, 4) is 0 Å². The van der Waals surface area contributed by atoms with E-state index in [4.69, 9.17) is 51.6 Å². The lowest BCUT2D eigenvalue weighted by Crippen LogP contribution is -2.73. The molecule has 2 aliphatic rings. The maximum atomic E-state index is 14.6. The topological polar surface area (TPSA) is 156 Å². The zero-order valence-corrected chi connectivity index (χ0v) is 42.1. The van der Waals surface area contributed by atoms with E-state index in [2.05, 4.69) is 0 Å². The van der Waals surface area contributed by atoms with Crippen LogP contribution >= 0.6 is 0 Å². The highest BCUT2D eigenvalue weighted by Gasteiger charge is 2.63. The number of aliphatic hydroxyl groups excluding tert-OH is 1. The Morgan fingerprint density at radius 2 is 0.877 bits per heavy atom. The van der Waals surface area contributed by atoms with E-state index >= 15 is 0 Å². The van der Waals surface area contributed by atoms with Crippen LogP contribution in [0.15, 0.2) is 182 Å². The average Bonchev–Trinajstić information content (AvgIpc) is 3.42. The van der Waals surface area contributed by atoms with Crippen LogP contribution in [0.2, 0.25) is 0 Å². The first kappa shape index (κ1) is 54.1. The summed E-state index contributed by atoms with van der Waals surface area (Å²) in [7, 11) is -3.09. The van der Waals surface area contributed by atoms with Crippen LogP contribution in [0.1, 0.15) is 40.3 Å². The van der Waals surface area contributed by atoms with Crippen LogP contribution in [0.5, 0.6) is 0 Å². The van der Waals surface area contributed by atoms with Gasteiger partial charge in [0.15, 0.2) is 6.29 Å². The molecule has 0 aromatic heterocycles. The highest BCUT2D eigenvalue weighted by Crippen LogP contribution is 2.42. The maximum Gasteiger partial charge on any atom is 0.272 e. The number of hydrogen-bond donors (Lipinski definition) is 1. The molecule has 15 heteroatoms. The molecule has 0 radical (unpaired) electrons. The van der Waals surface area contributed by atoms with Crippen LogP contribution in [0.4, 0.5) is 0 Å². The molecule has 2 saturated heterocycles. The summed E-state index contributed by atoms with van der Waals surface area (Å²) in [6, 6.07) is 57.4. The van der Waals surface area contributed by atoms with Gasteiger partial charge >= 0.3 is 0 Å². The third-order valence-corrected chi connectivity index (χ3v) is 13.9. The van der Waals surface area contributed by atoms with Gasteiger partial charge in [-0.1, -0.05) is 182 Å². The van der Waals surface area contributed by atoms with Crippen molar-refractivity contribution in [2.75, 3.05) is 32.7 Å². The molecule has 8 rings (SSSR count). The largest absolute Gasteiger partial charge is 0.387 e. The lowest BCUT2D eigenvalue weighted by Gasteiger charge is -2.54. The Morgan fingerprint density at radius 1 is 0.493 bits per heavy atom. The lowest BCUT2D eigenvalue weighted by atomic mass is 9.91. The van der Waals surface area contributed by atoms with Crippen molar-refractivity contribution in [1.29, 1.82) is 0 Å². The van der Waals surface area contributed by atoms with Crippen molar-refractivity contribution in [2.24, 2.45) is 0 Å². The van der Waals surface area contributed by atoms with Gasteiger partial charge in [0.25, 0.3) is 10.1 Å². The van der Waals surface area contributed by atoms with Crippen molar-refractivity contribution >= 4 is 10.1 Å². The Hall–Kier alpha value is -5.21. The van der Waals surface area contributed by atoms with Crippen molar-refractivity contribution in [2.45, 2.75) is 107 Å². The SMILES string of the molecule is CCOS(=O)(=O)C[C@]1(O[C@H]2[C@@H](O)[C@@H](COCc3ccccc3)O[C@@H](OC)[C@@H]2OCc2ccccc2)O[C@H](COCc2ccccc2)[C@@H](OCc2ccccc2)[C@H](OCc2ccccc2)[C@H]1OCc1ccccc1. The van der Waals surface area contributed by atoms with Gasteiger partial charge in [-0.15, -0.1) is 0 Å². The summed E-state index contributed by atoms with van der Waals surface area (Å²) in [6.07, 6.45) is -11.0. The number of benzene rings is 6. The van der Waals surface area contributed by atoms with Crippen LogP contribution < -0.4 is 0 Å². The molecule has 2 fully saturated rings. The summed E-state index contributed by atoms with van der Waals surface area (Å²) >= 11 is 0. The highest BCUT2D eigenvalue weighted by atomic mass is 32.2. The third kappa shape index (κ3) is 15.4. The molecular weight excluding hydrogens is 953 g/mol. The van der Waals surface area contributed by atoms with Gasteiger partial charge in [-0.3, -0.25) is 4.18 Å². The predicted octanol–water partition coefficient (Wildman–Crippen LogP) is 8.34. The molecule has 0 saturated carbocycles. The van der Waals surface area contributed by atoms with Crippen LogP contribution in [0.25, 0.3) is 0 Å². The van der Waals surface area contributed by atoms with Gasteiger partial charge in [-0.2, -0.15) is 8.42 Å². The van der Waals surface area contributed by atoms with E-state index in [0.29, 0.717) is 0 Å². The third-order valence-electron chi connectivity index (χ3n) is 12.6. The second-order valence-electron chi connectivity index (χ2n) is 17.9. The molecule has 14 nitrogen and oxygen atoms in total. The zero-order valence-electron chi connectivity index (χ0n) is 41.3. The second-order valence-corrected chi connectivity index (χ2v) is 19.6. The van der Waals surface area contributed by atoms with Gasteiger partial charge in [0, 0.05) is 7.11 Å². The summed E-state index contributed by atoms with van der Waals surface area (Å²) in [4.78, 5) is 0. The first-order chi connectivity index (χ1) is 35.7. The van der Waals surface area contributed by atoms with Gasteiger partial charge in [0.1, 0.15) is 54.6 Å². The number of ether oxygens (including phenoxy) is 10. The smallest absolute Gasteiger partial charge is 0.272 e. The molecule has 0 unspecified atom stereocenters. The molecular formula is C58H66O14S. The van der Waals surface area contributed by atoms with Crippen LogP contribution in [0.3, 0.4) is 0 Å². The Labute approximate surface area is 429 Å². The Kier molecular flexibility index (Phi) is 20.3. The normalized spacial score (nSPS) is 25.3. The highest BCUT2D eigenvalue weighted by molar-refractivity contribution is 7.86. The van der Waals surface area contributed by atoms with Crippen LogP contribution in [0, 0.1) is 0 Å². The fourth-order valence-electron chi connectivity index (χ4n) is 9.03. The molecule has 6 aromatic rings. The van der Waals surface area contributed by atoms with E-state index < -0.39 is 76.8 Å². The van der Waals surface area contributed by atoms with Gasteiger partial charge in [-0.25, -0.2) is 0 Å². The van der Waals surface area contributed by atoms with E-state index in [9.17, 15) is 13.5 Å². The standard InChI is InChI=1S/C58H66O14S/c1-3-69-73(60,61)42-58(72-53-51(59)49(40-63-34-43-22-10-4-11-23-43)70-57(62-2)55(53)67-38-47-30-18-8-19-31-47)56(68-39-48-32-20-9-21-33-48)54(66-37-46-28-16-7-17-29-46)52(65-36-45-26-14-6-15-27-45)50(71-58)41-64-35-44-24-12-5-13-25-44/h4-33,49-57,59H,3,34-42H2,1-2H3/t49-,50-,51+,52-,53+,54+,55-,56-,57-,58-/m1/s1. The van der Waals surface area contributed by atoms with Crippen molar-refractivity contribution < 1.29 is 65.1 Å². The van der Waals surface area contributed by atoms with Gasteiger partial charge in [-0.05, 0) is 40.3 Å². The van der Waals surface area contributed by atoms with E-state index in [1.807, 2.05) is 182 Å². The first-order valence-corrected chi connectivity index (χ1v) is 26.2. The van der Waals surface area contributed by atoms with Gasteiger partial charge in [0.2, 0.25) is 5.79 Å². The lowest BCUT2D eigenvalue weighted by molar-refractivity contribution is -0.410. The minimum absolute atomic E-state index is 0.0403. The van der Waals surface area contributed by atoms with E-state index in [1.54, 1.807) is 6.92 Å². The molecule has 2 heterocycles. The van der Waals surface area contributed by atoms with E-state index in [-0.39, 0.29) is 59.5 Å². The minimum Gasteiger partial charge on any atom is -0.387 e. The molecule has 0 aliphatic carbocycles. The molecule has 0 amide bonds. The molecule has 0 bridgehead atoms. The monoisotopic (exact) mass is 1020 g/mol. The molecule has 1 N–H and O–H groups in total. The zero-order chi connectivity index (χ0) is 50.7.